The van der Waals surface area contributed by atoms with E-state index in [1.807, 2.05) is 0 Å². The van der Waals surface area contributed by atoms with Gasteiger partial charge < -0.3 is 10.4 Å². The first-order chi connectivity index (χ1) is 9.47. The molecule has 0 aromatic heterocycles. The monoisotopic (exact) mass is 292 g/mol. The van der Waals surface area contributed by atoms with Crippen LogP contribution in [0, 0.1) is 10.1 Å². The van der Waals surface area contributed by atoms with Gasteiger partial charge in [-0.2, -0.15) is 0 Å². The van der Waals surface area contributed by atoms with Crippen molar-refractivity contribution in [1.29, 1.82) is 0 Å². The van der Waals surface area contributed by atoms with E-state index in [1.165, 1.54) is 12.1 Å². The molecule has 0 spiro atoms. The molecule has 0 unspecified atom stereocenters. The van der Waals surface area contributed by atoms with Crippen molar-refractivity contribution in [2.24, 2.45) is 0 Å². The number of nitro groups is 1. The number of nitrogens with zero attached hydrogens (tertiary/aromatic N) is 1. The highest BCUT2D eigenvalue weighted by Gasteiger charge is 2.16. The summed E-state index contributed by atoms with van der Waals surface area (Å²) in [6.45, 7) is 0. The molecule has 0 fully saturated rings. The van der Waals surface area contributed by atoms with Crippen molar-refractivity contribution in [1.82, 2.24) is 0 Å². The van der Waals surface area contributed by atoms with Gasteiger partial charge in [0.15, 0.2) is 0 Å². The fraction of sp³-hybridized carbons (Fsp3) is 0. The van der Waals surface area contributed by atoms with Crippen LogP contribution < -0.4 is 5.32 Å². The SMILES string of the molecule is O=C(O)c1ccc([N+](=O)[O-])c(Nc2ccc(Cl)cc2)c1. The lowest BCUT2D eigenvalue weighted by molar-refractivity contribution is -0.383. The van der Waals surface area contributed by atoms with Crippen LogP contribution in [-0.4, -0.2) is 16.0 Å². The number of rotatable bonds is 4. The molecule has 0 amide bonds. The maximum atomic E-state index is 10.9. The molecule has 0 aliphatic carbocycles. The van der Waals surface area contributed by atoms with Crippen molar-refractivity contribution in [3.8, 4) is 0 Å². The predicted octanol–water partition coefficient (Wildman–Crippen LogP) is 3.69. The van der Waals surface area contributed by atoms with E-state index in [-0.39, 0.29) is 16.9 Å². The van der Waals surface area contributed by atoms with E-state index in [0.29, 0.717) is 10.7 Å². The number of halogens is 1. The number of hydrogen-bond acceptors (Lipinski definition) is 4. The van der Waals surface area contributed by atoms with Crippen molar-refractivity contribution in [3.63, 3.8) is 0 Å². The van der Waals surface area contributed by atoms with Crippen LogP contribution in [0.3, 0.4) is 0 Å². The topological polar surface area (TPSA) is 92.5 Å². The van der Waals surface area contributed by atoms with Crippen molar-refractivity contribution in [2.45, 2.75) is 0 Å². The molecule has 0 aliphatic rings. The van der Waals surface area contributed by atoms with Gasteiger partial charge in [0, 0.05) is 16.8 Å². The molecule has 20 heavy (non-hydrogen) atoms. The lowest BCUT2D eigenvalue weighted by atomic mass is 10.1. The third-order valence-corrected chi connectivity index (χ3v) is 2.82. The molecule has 0 aliphatic heterocycles. The first-order valence-corrected chi connectivity index (χ1v) is 5.89. The van der Waals surface area contributed by atoms with Gasteiger partial charge in [-0.25, -0.2) is 4.79 Å². The molecule has 7 heteroatoms. The standard InChI is InChI=1S/C13H9ClN2O4/c14-9-2-4-10(5-3-9)15-11-7-8(13(17)18)1-6-12(11)16(19)20/h1-7,15H,(H,17,18). The highest BCUT2D eigenvalue weighted by molar-refractivity contribution is 6.30. The summed E-state index contributed by atoms with van der Waals surface area (Å²) in [6, 6.07) is 10.1. The van der Waals surface area contributed by atoms with E-state index >= 15 is 0 Å². The second-order valence-corrected chi connectivity index (χ2v) is 4.36. The third-order valence-electron chi connectivity index (χ3n) is 2.56. The first kappa shape index (κ1) is 13.8. The van der Waals surface area contributed by atoms with Crippen LogP contribution in [0.1, 0.15) is 10.4 Å². The van der Waals surface area contributed by atoms with Crippen LogP contribution in [-0.2, 0) is 0 Å². The predicted molar refractivity (Wildman–Crippen MR) is 74.8 cm³/mol. The molecular formula is C13H9ClN2O4. The summed E-state index contributed by atoms with van der Waals surface area (Å²) in [5, 5.41) is 23.2. The molecule has 2 aromatic rings. The molecule has 2 aromatic carbocycles. The minimum atomic E-state index is -1.15. The molecule has 0 saturated carbocycles. The molecule has 0 saturated heterocycles. The Balaban J connectivity index is 2.41. The fourth-order valence-electron chi connectivity index (χ4n) is 1.62. The van der Waals surface area contributed by atoms with Crippen molar-refractivity contribution >= 4 is 34.6 Å². The van der Waals surface area contributed by atoms with Crippen LogP contribution in [0.4, 0.5) is 17.1 Å². The van der Waals surface area contributed by atoms with E-state index in [4.69, 9.17) is 16.7 Å². The average molecular weight is 293 g/mol. The zero-order valence-electron chi connectivity index (χ0n) is 10.0. The van der Waals surface area contributed by atoms with E-state index in [0.717, 1.165) is 6.07 Å². The quantitative estimate of drug-likeness (QED) is 0.662. The number of aromatic carboxylic acids is 1. The van der Waals surface area contributed by atoms with E-state index in [2.05, 4.69) is 5.32 Å². The Morgan fingerprint density at radius 2 is 1.85 bits per heavy atom. The van der Waals surface area contributed by atoms with Crippen LogP contribution in [0.5, 0.6) is 0 Å². The number of hydrogen-bond donors (Lipinski definition) is 2. The minimum absolute atomic E-state index is 0.0351. The smallest absolute Gasteiger partial charge is 0.335 e. The maximum absolute atomic E-state index is 10.9. The molecule has 0 heterocycles. The number of carboxylic acids is 1. The zero-order chi connectivity index (χ0) is 14.7. The summed E-state index contributed by atoms with van der Waals surface area (Å²) in [5.41, 5.74) is 0.439. The van der Waals surface area contributed by atoms with Crippen molar-refractivity contribution < 1.29 is 14.8 Å². The number of nitro benzene ring substituents is 1. The van der Waals surface area contributed by atoms with Crippen LogP contribution >= 0.6 is 11.6 Å². The summed E-state index contributed by atoms with van der Waals surface area (Å²) in [5.74, 6) is -1.15. The molecule has 0 atom stereocenters. The van der Waals surface area contributed by atoms with E-state index in [9.17, 15) is 14.9 Å². The number of carboxylic acid groups (broad SMARTS) is 1. The van der Waals surface area contributed by atoms with Gasteiger partial charge in [0.25, 0.3) is 5.69 Å². The fourth-order valence-corrected chi connectivity index (χ4v) is 1.74. The van der Waals surface area contributed by atoms with Crippen LogP contribution in [0.25, 0.3) is 0 Å². The van der Waals surface area contributed by atoms with Gasteiger partial charge in [0.1, 0.15) is 5.69 Å². The second-order valence-electron chi connectivity index (χ2n) is 3.93. The van der Waals surface area contributed by atoms with Gasteiger partial charge in [-0.3, -0.25) is 10.1 Å². The van der Waals surface area contributed by atoms with Gasteiger partial charge >= 0.3 is 5.97 Å². The third kappa shape index (κ3) is 3.04. The highest BCUT2D eigenvalue weighted by Crippen LogP contribution is 2.29. The lowest BCUT2D eigenvalue weighted by Gasteiger charge is -2.08. The Bertz CT molecular complexity index is 671. The molecule has 102 valence electrons. The maximum Gasteiger partial charge on any atom is 0.335 e. The summed E-state index contributed by atoms with van der Waals surface area (Å²) < 4.78 is 0. The Hall–Kier alpha value is -2.60. The van der Waals surface area contributed by atoms with Crippen molar-refractivity contribution in [3.05, 3.63) is 63.2 Å². The second kappa shape index (κ2) is 5.58. The molecule has 2 rings (SSSR count). The summed E-state index contributed by atoms with van der Waals surface area (Å²) in [7, 11) is 0. The molecule has 6 nitrogen and oxygen atoms in total. The van der Waals surface area contributed by atoms with Crippen LogP contribution in [0.15, 0.2) is 42.5 Å². The Morgan fingerprint density at radius 1 is 1.20 bits per heavy atom. The summed E-state index contributed by atoms with van der Waals surface area (Å²) in [4.78, 5) is 21.3. The largest absolute Gasteiger partial charge is 0.478 e. The van der Waals surface area contributed by atoms with Crippen LogP contribution in [0.2, 0.25) is 5.02 Å². The zero-order valence-corrected chi connectivity index (χ0v) is 10.8. The molecule has 2 N–H and O–H groups in total. The highest BCUT2D eigenvalue weighted by atomic mass is 35.5. The number of benzene rings is 2. The summed E-state index contributed by atoms with van der Waals surface area (Å²) >= 11 is 5.75. The van der Waals surface area contributed by atoms with Gasteiger partial charge in [0.05, 0.1) is 10.5 Å². The van der Waals surface area contributed by atoms with Gasteiger partial charge in [-0.15, -0.1) is 0 Å². The minimum Gasteiger partial charge on any atom is -0.478 e. The van der Waals surface area contributed by atoms with E-state index < -0.39 is 10.9 Å². The summed E-state index contributed by atoms with van der Waals surface area (Å²) in [6.07, 6.45) is 0. The van der Waals surface area contributed by atoms with Gasteiger partial charge in [0.2, 0.25) is 0 Å². The van der Waals surface area contributed by atoms with Crippen molar-refractivity contribution in [2.75, 3.05) is 5.32 Å². The van der Waals surface area contributed by atoms with Gasteiger partial charge in [-0.05, 0) is 36.4 Å². The Morgan fingerprint density at radius 3 is 2.40 bits per heavy atom. The Kier molecular flexibility index (Phi) is 3.86. The molecule has 0 radical (unpaired) electrons. The number of carbonyl (C=O) groups is 1. The normalized spacial score (nSPS) is 10.1. The van der Waals surface area contributed by atoms with Gasteiger partial charge in [-0.1, -0.05) is 11.6 Å². The number of nitrogens with one attached hydrogen (secondary N) is 1. The molecular weight excluding hydrogens is 284 g/mol. The lowest BCUT2D eigenvalue weighted by Crippen LogP contribution is -2.01. The van der Waals surface area contributed by atoms with E-state index in [1.54, 1.807) is 24.3 Å². The average Bonchev–Trinajstić information content (AvgIpc) is 2.41. The molecule has 0 bridgehead atoms. The first-order valence-electron chi connectivity index (χ1n) is 5.51. The Labute approximate surface area is 118 Å². The number of anilines is 2.